The topological polar surface area (TPSA) is 52.5 Å². The molecule has 0 radical (unpaired) electrons. The molecule has 1 aliphatic heterocycles. The summed E-state index contributed by atoms with van der Waals surface area (Å²) in [6.45, 7) is 0.947. The van der Waals surface area contributed by atoms with Gasteiger partial charge in [0.15, 0.2) is 0 Å². The van der Waals surface area contributed by atoms with Gasteiger partial charge >= 0.3 is 6.18 Å². The molecule has 2 unspecified atom stereocenters. The number of hydrogen-bond acceptors (Lipinski definition) is 6. The van der Waals surface area contributed by atoms with Gasteiger partial charge in [0.05, 0.1) is 6.10 Å². The summed E-state index contributed by atoms with van der Waals surface area (Å²) in [7, 11) is 3.76. The third-order valence-electron chi connectivity index (χ3n) is 2.88. The summed E-state index contributed by atoms with van der Waals surface area (Å²) in [5.41, 5.74) is 0. The fourth-order valence-corrected chi connectivity index (χ4v) is 2.94. The fourth-order valence-electron chi connectivity index (χ4n) is 2.17. The zero-order valence-corrected chi connectivity index (χ0v) is 11.4. The second kappa shape index (κ2) is 5.22. The number of alkyl halides is 3. The summed E-state index contributed by atoms with van der Waals surface area (Å²) in [5.74, 6) is -1.11. The molecule has 1 N–H and O–H groups in total. The summed E-state index contributed by atoms with van der Waals surface area (Å²) in [5, 5.41) is 9.90. The van der Waals surface area contributed by atoms with E-state index in [4.69, 9.17) is 0 Å². The van der Waals surface area contributed by atoms with Crippen LogP contribution in [0.15, 0.2) is 0 Å². The lowest BCUT2D eigenvalue weighted by atomic mass is 10.2. The molecule has 0 bridgehead atoms. The van der Waals surface area contributed by atoms with Gasteiger partial charge in [-0.1, -0.05) is 0 Å². The molecule has 0 aromatic carbocycles. The van der Waals surface area contributed by atoms with Crippen LogP contribution in [0.4, 0.5) is 18.3 Å². The van der Waals surface area contributed by atoms with Crippen LogP contribution in [0.25, 0.3) is 0 Å². The predicted octanol–water partition coefficient (Wildman–Crippen LogP) is 1.06. The summed E-state index contributed by atoms with van der Waals surface area (Å²) < 4.78 is 40.8. The van der Waals surface area contributed by atoms with Crippen LogP contribution >= 0.6 is 11.5 Å². The summed E-state index contributed by atoms with van der Waals surface area (Å²) in [6, 6.07) is -0.0426. The van der Waals surface area contributed by atoms with Crippen molar-refractivity contribution in [1.82, 2.24) is 14.3 Å². The number of halogens is 3. The molecule has 19 heavy (non-hydrogen) atoms. The summed E-state index contributed by atoms with van der Waals surface area (Å²) in [4.78, 5) is 7.17. The minimum Gasteiger partial charge on any atom is -0.391 e. The Morgan fingerprint density at radius 1 is 1.47 bits per heavy atom. The van der Waals surface area contributed by atoms with Gasteiger partial charge < -0.3 is 14.9 Å². The van der Waals surface area contributed by atoms with Crippen molar-refractivity contribution in [2.24, 2.45) is 0 Å². The van der Waals surface area contributed by atoms with Gasteiger partial charge in [-0.3, -0.25) is 0 Å². The minimum atomic E-state index is -4.52. The Bertz CT molecular complexity index is 437. The second-order valence-corrected chi connectivity index (χ2v) is 5.59. The Morgan fingerprint density at radius 2 is 2.16 bits per heavy atom. The van der Waals surface area contributed by atoms with Crippen LogP contribution in [0.5, 0.6) is 0 Å². The standard InChI is InChI=1S/C10H15F3N4OS/c1-16(2)4-6-3-7(18)5-17(6)9-14-8(15-19-9)10(11,12)13/h6-7,18H,3-5H2,1-2H3. The third-order valence-corrected chi connectivity index (χ3v) is 3.64. The van der Waals surface area contributed by atoms with Crippen LogP contribution in [0.3, 0.4) is 0 Å². The molecule has 1 aromatic rings. The number of β-amino-alcohol motifs (C(OH)–C–C–N with tert-alkyl or cyclic N) is 1. The Hall–Kier alpha value is -0.930. The first kappa shape index (κ1) is 14.5. The number of likely N-dealkylation sites (N-methyl/N-ethyl adjacent to an activating group) is 1. The van der Waals surface area contributed by atoms with E-state index in [2.05, 4.69) is 9.36 Å². The SMILES string of the molecule is CN(C)CC1CC(O)CN1c1nc(C(F)(F)F)ns1. The van der Waals surface area contributed by atoms with Crippen molar-refractivity contribution in [2.75, 3.05) is 32.1 Å². The van der Waals surface area contributed by atoms with E-state index in [1.165, 1.54) is 0 Å². The van der Waals surface area contributed by atoms with Crippen molar-refractivity contribution < 1.29 is 18.3 Å². The summed E-state index contributed by atoms with van der Waals surface area (Å²) >= 11 is 0.722. The van der Waals surface area contributed by atoms with Gasteiger partial charge in [0.2, 0.25) is 11.0 Å². The molecule has 1 fully saturated rings. The Balaban J connectivity index is 2.17. The van der Waals surface area contributed by atoms with Crippen molar-refractivity contribution in [1.29, 1.82) is 0 Å². The lowest BCUT2D eigenvalue weighted by Crippen LogP contribution is -2.37. The zero-order chi connectivity index (χ0) is 14.2. The van der Waals surface area contributed by atoms with E-state index in [9.17, 15) is 18.3 Å². The molecular weight excluding hydrogens is 281 g/mol. The molecule has 0 saturated carbocycles. The highest BCUT2D eigenvalue weighted by atomic mass is 32.1. The van der Waals surface area contributed by atoms with E-state index >= 15 is 0 Å². The first-order valence-corrected chi connectivity index (χ1v) is 6.55. The molecule has 2 rings (SSSR count). The van der Waals surface area contributed by atoms with E-state index in [1.54, 1.807) is 4.90 Å². The number of aliphatic hydroxyl groups is 1. The van der Waals surface area contributed by atoms with Gasteiger partial charge in [0.1, 0.15) is 0 Å². The maximum absolute atomic E-state index is 12.5. The van der Waals surface area contributed by atoms with E-state index in [0.29, 0.717) is 19.5 Å². The summed E-state index contributed by atoms with van der Waals surface area (Å²) in [6.07, 6.45) is -4.54. The maximum Gasteiger partial charge on any atom is 0.452 e. The fraction of sp³-hybridized carbons (Fsp3) is 0.800. The van der Waals surface area contributed by atoms with Crippen molar-refractivity contribution in [3.05, 3.63) is 5.82 Å². The van der Waals surface area contributed by atoms with Crippen molar-refractivity contribution >= 4 is 16.7 Å². The highest BCUT2D eigenvalue weighted by Crippen LogP contribution is 2.33. The molecule has 2 atom stereocenters. The number of aliphatic hydroxyl groups excluding tert-OH is 1. The van der Waals surface area contributed by atoms with Crippen LogP contribution in [0.2, 0.25) is 0 Å². The molecule has 0 spiro atoms. The third kappa shape index (κ3) is 3.34. The number of anilines is 1. The van der Waals surface area contributed by atoms with E-state index in [0.717, 1.165) is 11.5 Å². The minimum absolute atomic E-state index is 0.0426. The number of hydrogen-bond donors (Lipinski definition) is 1. The van der Waals surface area contributed by atoms with Gasteiger partial charge in [-0.05, 0) is 20.5 Å². The average Bonchev–Trinajstić information content (AvgIpc) is 2.82. The lowest BCUT2D eigenvalue weighted by Gasteiger charge is -2.25. The van der Waals surface area contributed by atoms with Crippen molar-refractivity contribution in [3.8, 4) is 0 Å². The number of rotatable bonds is 3. The largest absolute Gasteiger partial charge is 0.452 e. The van der Waals surface area contributed by atoms with Gasteiger partial charge in [-0.25, -0.2) is 0 Å². The van der Waals surface area contributed by atoms with Crippen LogP contribution in [0, 0.1) is 0 Å². The Morgan fingerprint density at radius 3 is 2.68 bits per heavy atom. The maximum atomic E-state index is 12.5. The quantitative estimate of drug-likeness (QED) is 0.904. The predicted molar refractivity (Wildman–Crippen MR) is 65.2 cm³/mol. The molecule has 9 heteroatoms. The highest BCUT2D eigenvalue weighted by Gasteiger charge is 2.39. The van der Waals surface area contributed by atoms with Gasteiger partial charge in [-0.2, -0.15) is 22.5 Å². The van der Waals surface area contributed by atoms with Gasteiger partial charge in [0.25, 0.3) is 0 Å². The molecule has 2 heterocycles. The molecule has 0 amide bonds. The second-order valence-electron chi connectivity index (χ2n) is 4.86. The van der Waals surface area contributed by atoms with E-state index in [1.807, 2.05) is 19.0 Å². The molecule has 108 valence electrons. The first-order chi connectivity index (χ1) is 8.77. The van der Waals surface area contributed by atoms with Crippen LogP contribution in [-0.2, 0) is 6.18 Å². The molecule has 1 aliphatic rings. The van der Waals surface area contributed by atoms with Crippen LogP contribution in [-0.4, -0.2) is 58.7 Å². The molecule has 5 nitrogen and oxygen atoms in total. The van der Waals surface area contributed by atoms with Crippen LogP contribution < -0.4 is 4.90 Å². The van der Waals surface area contributed by atoms with Gasteiger partial charge in [0, 0.05) is 30.7 Å². The van der Waals surface area contributed by atoms with Crippen molar-refractivity contribution in [2.45, 2.75) is 24.7 Å². The van der Waals surface area contributed by atoms with Crippen molar-refractivity contribution in [3.63, 3.8) is 0 Å². The smallest absolute Gasteiger partial charge is 0.391 e. The first-order valence-electron chi connectivity index (χ1n) is 5.77. The van der Waals surface area contributed by atoms with E-state index < -0.39 is 18.1 Å². The van der Waals surface area contributed by atoms with Crippen LogP contribution in [0.1, 0.15) is 12.2 Å². The monoisotopic (exact) mass is 296 g/mol. The Labute approximate surface area is 112 Å². The Kier molecular flexibility index (Phi) is 3.98. The normalized spacial score (nSPS) is 24.5. The van der Waals surface area contributed by atoms with E-state index in [-0.39, 0.29) is 11.2 Å². The molecule has 0 aliphatic carbocycles. The number of aromatic nitrogens is 2. The average molecular weight is 296 g/mol. The molecule has 1 saturated heterocycles. The highest BCUT2D eigenvalue weighted by molar-refractivity contribution is 7.09. The molecular formula is C10H15F3N4OS. The van der Waals surface area contributed by atoms with Gasteiger partial charge in [-0.15, -0.1) is 0 Å². The molecule has 1 aromatic heterocycles. The zero-order valence-electron chi connectivity index (χ0n) is 10.6. The lowest BCUT2D eigenvalue weighted by molar-refractivity contribution is -0.144. The number of nitrogens with zero attached hydrogens (tertiary/aromatic N) is 4.